The summed E-state index contributed by atoms with van der Waals surface area (Å²) in [6, 6.07) is 8.17. The summed E-state index contributed by atoms with van der Waals surface area (Å²) in [4.78, 5) is 16.8. The Bertz CT molecular complexity index is 511. The van der Waals surface area contributed by atoms with Gasteiger partial charge in [-0.2, -0.15) is 0 Å². The van der Waals surface area contributed by atoms with Crippen LogP contribution in [0.3, 0.4) is 0 Å². The van der Waals surface area contributed by atoms with Crippen molar-refractivity contribution in [1.29, 1.82) is 0 Å². The van der Waals surface area contributed by atoms with Crippen LogP contribution in [-0.2, 0) is 0 Å². The highest BCUT2D eigenvalue weighted by Crippen LogP contribution is 2.21. The van der Waals surface area contributed by atoms with E-state index in [1.807, 2.05) is 31.3 Å². The van der Waals surface area contributed by atoms with Gasteiger partial charge >= 0.3 is 0 Å². The van der Waals surface area contributed by atoms with Crippen molar-refractivity contribution in [3.8, 4) is 0 Å². The molecule has 2 atom stereocenters. The quantitative estimate of drug-likeness (QED) is 0.874. The van der Waals surface area contributed by atoms with Gasteiger partial charge in [0.05, 0.1) is 6.61 Å². The second-order valence-electron chi connectivity index (χ2n) is 6.42. The number of aliphatic hydroxyl groups is 1. The fourth-order valence-electron chi connectivity index (χ4n) is 3.47. The molecule has 0 radical (unpaired) electrons. The van der Waals surface area contributed by atoms with E-state index in [-0.39, 0.29) is 24.6 Å². The van der Waals surface area contributed by atoms with Crippen molar-refractivity contribution in [2.24, 2.45) is 0 Å². The Hall–Kier alpha value is -1.59. The molecule has 5 heteroatoms. The number of anilines is 1. The number of nitrogens with one attached hydrogen (secondary N) is 1. The van der Waals surface area contributed by atoms with Gasteiger partial charge in [0.2, 0.25) is 0 Å². The molecule has 22 heavy (non-hydrogen) atoms. The number of hydrogen-bond acceptors (Lipinski definition) is 4. The first-order valence-corrected chi connectivity index (χ1v) is 8.14. The maximum absolute atomic E-state index is 12.3. The molecular formula is C17H25N3O2. The van der Waals surface area contributed by atoms with E-state index in [9.17, 15) is 9.90 Å². The van der Waals surface area contributed by atoms with Gasteiger partial charge in [0, 0.05) is 43.0 Å². The number of likely N-dealkylation sites (tertiary alicyclic amines) is 1. The first kappa shape index (κ1) is 15.3. The van der Waals surface area contributed by atoms with Crippen LogP contribution in [0.15, 0.2) is 24.3 Å². The Balaban J connectivity index is 1.58. The second kappa shape index (κ2) is 6.67. The van der Waals surface area contributed by atoms with Crippen LogP contribution in [0.25, 0.3) is 0 Å². The maximum Gasteiger partial charge on any atom is 0.251 e. The minimum absolute atomic E-state index is 0.0232. The zero-order valence-corrected chi connectivity index (χ0v) is 13.2. The topological polar surface area (TPSA) is 55.8 Å². The predicted octanol–water partition coefficient (Wildman–Crippen LogP) is 1.08. The summed E-state index contributed by atoms with van der Waals surface area (Å²) in [5.74, 6) is -0.0232. The van der Waals surface area contributed by atoms with Crippen molar-refractivity contribution in [2.75, 3.05) is 38.2 Å². The summed E-state index contributed by atoms with van der Waals surface area (Å²) in [5.41, 5.74) is 1.91. The molecule has 2 saturated heterocycles. The minimum atomic E-state index is -0.0232. The van der Waals surface area contributed by atoms with E-state index in [1.165, 1.54) is 18.5 Å². The van der Waals surface area contributed by atoms with Crippen LogP contribution >= 0.6 is 0 Å². The summed E-state index contributed by atoms with van der Waals surface area (Å²) in [5, 5.41) is 12.4. The van der Waals surface area contributed by atoms with Gasteiger partial charge in [0.1, 0.15) is 0 Å². The number of rotatable bonds is 4. The smallest absolute Gasteiger partial charge is 0.251 e. The zero-order valence-electron chi connectivity index (χ0n) is 13.2. The maximum atomic E-state index is 12.3. The molecule has 2 heterocycles. The van der Waals surface area contributed by atoms with E-state index in [2.05, 4.69) is 15.1 Å². The van der Waals surface area contributed by atoms with Gasteiger partial charge in [0.25, 0.3) is 5.91 Å². The fourth-order valence-corrected chi connectivity index (χ4v) is 3.47. The molecule has 0 spiro atoms. The molecule has 0 unspecified atom stereocenters. The third-order valence-electron chi connectivity index (χ3n) is 4.83. The van der Waals surface area contributed by atoms with E-state index >= 15 is 0 Å². The standard InChI is InChI=1S/C17H25N3O2/c1-19-11-14(10-16(19)12-21)18-17(22)13-4-6-15(7-5-13)20-8-2-3-9-20/h4-7,14,16,21H,2-3,8-12H2,1H3,(H,18,22)/t14-,16+/m1/s1. The highest BCUT2D eigenvalue weighted by Gasteiger charge is 2.29. The largest absolute Gasteiger partial charge is 0.395 e. The molecule has 3 rings (SSSR count). The summed E-state index contributed by atoms with van der Waals surface area (Å²) >= 11 is 0. The van der Waals surface area contributed by atoms with Crippen molar-refractivity contribution in [3.63, 3.8) is 0 Å². The first-order valence-electron chi connectivity index (χ1n) is 8.14. The molecule has 2 aliphatic heterocycles. The molecule has 2 N–H and O–H groups in total. The van der Waals surface area contributed by atoms with Crippen molar-refractivity contribution >= 4 is 11.6 Å². The van der Waals surface area contributed by atoms with Gasteiger partial charge < -0.3 is 15.3 Å². The summed E-state index contributed by atoms with van der Waals surface area (Å²) in [6.07, 6.45) is 3.32. The van der Waals surface area contributed by atoms with Crippen LogP contribution in [0.5, 0.6) is 0 Å². The monoisotopic (exact) mass is 303 g/mol. The average molecular weight is 303 g/mol. The third-order valence-corrected chi connectivity index (χ3v) is 4.83. The minimum Gasteiger partial charge on any atom is -0.395 e. The van der Waals surface area contributed by atoms with E-state index in [0.29, 0.717) is 5.56 Å². The Kier molecular flexibility index (Phi) is 4.64. The van der Waals surface area contributed by atoms with Crippen molar-refractivity contribution < 1.29 is 9.90 Å². The summed E-state index contributed by atoms with van der Waals surface area (Å²) in [6.45, 7) is 3.17. The highest BCUT2D eigenvalue weighted by atomic mass is 16.3. The molecule has 120 valence electrons. The molecule has 0 aromatic heterocycles. The normalized spacial score (nSPS) is 25.6. The second-order valence-corrected chi connectivity index (χ2v) is 6.42. The number of aliphatic hydroxyl groups excluding tert-OH is 1. The lowest BCUT2D eigenvalue weighted by atomic mass is 10.1. The molecule has 1 aromatic rings. The summed E-state index contributed by atoms with van der Waals surface area (Å²) < 4.78 is 0. The molecular weight excluding hydrogens is 278 g/mol. The molecule has 5 nitrogen and oxygen atoms in total. The van der Waals surface area contributed by atoms with Crippen LogP contribution in [0, 0.1) is 0 Å². The molecule has 0 bridgehead atoms. The van der Waals surface area contributed by atoms with Gasteiger partial charge in [-0.25, -0.2) is 0 Å². The van der Waals surface area contributed by atoms with Gasteiger partial charge in [-0.15, -0.1) is 0 Å². The molecule has 0 aliphatic carbocycles. The Morgan fingerprint density at radius 2 is 1.95 bits per heavy atom. The van der Waals surface area contributed by atoms with Crippen molar-refractivity contribution in [1.82, 2.24) is 10.2 Å². The first-order chi connectivity index (χ1) is 10.7. The SMILES string of the molecule is CN1C[C@H](NC(=O)c2ccc(N3CCCC3)cc2)C[C@H]1CO. The summed E-state index contributed by atoms with van der Waals surface area (Å²) in [7, 11) is 1.98. The highest BCUT2D eigenvalue weighted by molar-refractivity contribution is 5.94. The lowest BCUT2D eigenvalue weighted by molar-refractivity contribution is 0.0938. The molecule has 2 fully saturated rings. The van der Waals surface area contributed by atoms with E-state index in [1.54, 1.807) is 0 Å². The lowest BCUT2D eigenvalue weighted by Gasteiger charge is -2.18. The number of hydrogen-bond donors (Lipinski definition) is 2. The van der Waals surface area contributed by atoms with Crippen molar-refractivity contribution in [3.05, 3.63) is 29.8 Å². The van der Waals surface area contributed by atoms with E-state index < -0.39 is 0 Å². The molecule has 1 amide bonds. The van der Waals surface area contributed by atoms with Crippen LogP contribution in [0.2, 0.25) is 0 Å². The Labute approximate surface area is 131 Å². The predicted molar refractivity (Wildman–Crippen MR) is 87.3 cm³/mol. The number of benzene rings is 1. The van der Waals surface area contributed by atoms with Gasteiger partial charge in [-0.05, 0) is 50.6 Å². The number of nitrogens with zero attached hydrogens (tertiary/aromatic N) is 2. The molecule has 2 aliphatic rings. The van der Waals surface area contributed by atoms with Crippen molar-refractivity contribution in [2.45, 2.75) is 31.3 Å². The van der Waals surface area contributed by atoms with Gasteiger partial charge in [0.15, 0.2) is 0 Å². The Morgan fingerprint density at radius 1 is 1.27 bits per heavy atom. The van der Waals surface area contributed by atoms with Crippen LogP contribution in [0.1, 0.15) is 29.6 Å². The Morgan fingerprint density at radius 3 is 2.55 bits per heavy atom. The number of carbonyl (C=O) groups excluding carboxylic acids is 1. The van der Waals surface area contributed by atoms with Crippen LogP contribution < -0.4 is 10.2 Å². The van der Waals surface area contributed by atoms with Gasteiger partial charge in [-0.1, -0.05) is 0 Å². The van der Waals surface area contributed by atoms with E-state index in [4.69, 9.17) is 0 Å². The lowest BCUT2D eigenvalue weighted by Crippen LogP contribution is -2.36. The zero-order chi connectivity index (χ0) is 15.5. The number of carbonyl (C=O) groups is 1. The molecule has 0 saturated carbocycles. The third kappa shape index (κ3) is 3.25. The van der Waals surface area contributed by atoms with Gasteiger partial charge in [-0.3, -0.25) is 9.69 Å². The number of likely N-dealkylation sites (N-methyl/N-ethyl adjacent to an activating group) is 1. The fraction of sp³-hybridized carbons (Fsp3) is 0.588. The van der Waals surface area contributed by atoms with Crippen LogP contribution in [0.4, 0.5) is 5.69 Å². The van der Waals surface area contributed by atoms with E-state index in [0.717, 1.165) is 26.1 Å². The molecule has 1 aromatic carbocycles. The van der Waals surface area contributed by atoms with Crippen LogP contribution in [-0.4, -0.2) is 61.3 Å². The average Bonchev–Trinajstić information content (AvgIpc) is 3.17. The number of amides is 1.